The summed E-state index contributed by atoms with van der Waals surface area (Å²) in [6, 6.07) is 3.99. The molecule has 4 aliphatic rings. The molecule has 12 heteroatoms. The minimum Gasteiger partial charge on any atom is -0.506 e. The van der Waals surface area contributed by atoms with E-state index in [1.807, 2.05) is 24.3 Å². The Morgan fingerprint density at radius 2 is 1.14 bits per heavy atom. The van der Waals surface area contributed by atoms with Crippen LogP contribution in [0.3, 0.4) is 0 Å². The first-order valence-corrected chi connectivity index (χ1v) is 29.3. The number of likely N-dealkylation sites (tertiary alicyclic amines) is 1. The molecule has 0 saturated carbocycles. The van der Waals surface area contributed by atoms with Gasteiger partial charge in [-0.15, -0.1) is 0 Å². The number of rotatable bonds is 28. The van der Waals surface area contributed by atoms with Crippen molar-refractivity contribution in [3.05, 3.63) is 63.6 Å². The first-order valence-electron chi connectivity index (χ1n) is 26.0. The Labute approximate surface area is 401 Å². The molecule has 2 heterocycles. The van der Waals surface area contributed by atoms with Gasteiger partial charge in [0.25, 0.3) is 10.0 Å². The quantitative estimate of drug-likeness (QED) is 0.0626. The molecular formula is C54H86N4O6S2. The summed E-state index contributed by atoms with van der Waals surface area (Å²) in [6.45, 7) is 23.5. The van der Waals surface area contributed by atoms with E-state index >= 15 is 0 Å². The molecule has 1 aromatic rings. The highest BCUT2D eigenvalue weighted by Gasteiger charge is 2.49. The molecule has 0 spiro atoms. The maximum atomic E-state index is 14.9. The lowest BCUT2D eigenvalue weighted by Gasteiger charge is -2.31. The molecular weight excluding hydrogens is 865 g/mol. The van der Waals surface area contributed by atoms with Gasteiger partial charge in [-0.1, -0.05) is 158 Å². The zero-order chi connectivity index (χ0) is 48.5. The SMILES string of the molecule is CCCCCCCCS(=O)(=O)/N=C1\C=C2C(=C\C1=C1\C(=O)C(c3cc4c(cc3NS(=O)(=O)CCCCCCCC)N(CCCCCC)C(C)C4(C)C)=C1O)C(C)(C)C(C)N2CCCCCC. The van der Waals surface area contributed by atoms with E-state index in [0.29, 0.717) is 18.4 Å². The third kappa shape index (κ3) is 12.3. The van der Waals surface area contributed by atoms with Crippen LogP contribution in [0.2, 0.25) is 0 Å². The van der Waals surface area contributed by atoms with Crippen LogP contribution in [0.25, 0.3) is 5.57 Å². The highest BCUT2D eigenvalue weighted by Crippen LogP contribution is 2.53. The van der Waals surface area contributed by atoms with Gasteiger partial charge in [-0.3, -0.25) is 9.52 Å². The number of fused-ring (bicyclic) bond motifs is 2. The normalized spacial score (nSPS) is 21.9. The number of carbonyl (C=O) groups is 1. The fourth-order valence-electron chi connectivity index (χ4n) is 10.4. The zero-order valence-electron chi connectivity index (χ0n) is 42.6. The van der Waals surface area contributed by atoms with Gasteiger partial charge in [0.05, 0.1) is 34.1 Å². The molecule has 0 bridgehead atoms. The molecule has 1 aromatic carbocycles. The number of ketones is 1. The van der Waals surface area contributed by atoms with Gasteiger partial charge in [0.2, 0.25) is 15.8 Å². The summed E-state index contributed by atoms with van der Waals surface area (Å²) in [6.07, 6.45) is 23.7. The van der Waals surface area contributed by atoms with Crippen LogP contribution >= 0.6 is 0 Å². The summed E-state index contributed by atoms with van der Waals surface area (Å²) in [5.74, 6) is -0.891. The van der Waals surface area contributed by atoms with Gasteiger partial charge in [0.15, 0.2) is 0 Å². The molecule has 66 heavy (non-hydrogen) atoms. The predicted octanol–water partition coefficient (Wildman–Crippen LogP) is 13.3. The van der Waals surface area contributed by atoms with Crippen LogP contribution in [0.5, 0.6) is 0 Å². The number of hydrogen-bond donors (Lipinski definition) is 2. The number of anilines is 2. The van der Waals surface area contributed by atoms with Gasteiger partial charge in [-0.25, -0.2) is 16.8 Å². The molecule has 2 N–H and O–H groups in total. The lowest BCUT2D eigenvalue weighted by atomic mass is 9.74. The molecule has 10 nitrogen and oxygen atoms in total. The number of aliphatic hydroxyl groups excluding tert-OH is 1. The number of unbranched alkanes of at least 4 members (excludes halogenated alkanes) is 16. The van der Waals surface area contributed by atoms with Crippen LogP contribution in [0.15, 0.2) is 56.9 Å². The molecule has 2 atom stereocenters. The predicted molar refractivity (Wildman–Crippen MR) is 278 cm³/mol. The van der Waals surface area contributed by atoms with Gasteiger partial charge in [-0.05, 0) is 75.0 Å². The summed E-state index contributed by atoms with van der Waals surface area (Å²) in [5, 5.41) is 12.3. The molecule has 0 amide bonds. The standard InChI is InChI=1S/C54H86N4O6S2/c1-11-15-19-23-25-29-33-65(61,62)55-45-37-47-43(53(7,8)39(5)57(47)31-27-21-17-13-3)35-41(45)49-51(59)50(52(49)60)42-36-44-48(58(32-28-22-18-14-4)40(6)54(44,9)10)38-46(42)56-66(63,64)34-30-26-24-20-16-12-2/h35-40,55,59H,11-34H2,1-10H3/b50-42-,56-46+. The third-order valence-electron chi connectivity index (χ3n) is 15.3. The van der Waals surface area contributed by atoms with Crippen molar-refractivity contribution in [2.45, 2.75) is 215 Å². The lowest BCUT2D eigenvalue weighted by molar-refractivity contribution is -0.111. The van der Waals surface area contributed by atoms with Crippen molar-refractivity contribution in [1.82, 2.24) is 4.90 Å². The Morgan fingerprint density at radius 1 is 0.636 bits per heavy atom. The molecule has 2 unspecified atom stereocenters. The van der Waals surface area contributed by atoms with Crippen molar-refractivity contribution in [3.8, 4) is 0 Å². The highest BCUT2D eigenvalue weighted by atomic mass is 32.2. The number of Topliss-reactive ketones (excluding diaryl/α,β-unsaturated/α-hetero) is 1. The monoisotopic (exact) mass is 951 g/mol. The summed E-state index contributed by atoms with van der Waals surface area (Å²) < 4.78 is 62.9. The zero-order valence-corrected chi connectivity index (χ0v) is 44.2. The molecule has 1 fully saturated rings. The van der Waals surface area contributed by atoms with E-state index in [2.05, 4.69) is 88.2 Å². The van der Waals surface area contributed by atoms with Crippen LogP contribution in [0, 0.1) is 5.41 Å². The molecule has 2 aliphatic heterocycles. The number of allylic oxidation sites excluding steroid dienone is 6. The van der Waals surface area contributed by atoms with Crippen LogP contribution < -0.4 is 9.62 Å². The maximum absolute atomic E-state index is 14.9. The summed E-state index contributed by atoms with van der Waals surface area (Å²) in [4.78, 5) is 19.7. The van der Waals surface area contributed by atoms with Crippen molar-refractivity contribution >= 4 is 48.5 Å². The Balaban J connectivity index is 1.64. The Bertz CT molecular complexity index is 2270. The molecule has 0 aromatic heterocycles. The number of benzene rings is 1. The van der Waals surface area contributed by atoms with Gasteiger partial charge >= 0.3 is 0 Å². The smallest absolute Gasteiger partial charge is 0.253 e. The number of carbonyl (C=O) groups excluding carboxylic acids is 1. The first-order chi connectivity index (χ1) is 31.3. The second-order valence-electron chi connectivity index (χ2n) is 20.9. The van der Waals surface area contributed by atoms with Crippen molar-refractivity contribution in [2.24, 2.45) is 9.81 Å². The molecule has 2 aliphatic carbocycles. The van der Waals surface area contributed by atoms with E-state index < -0.39 is 25.8 Å². The summed E-state index contributed by atoms with van der Waals surface area (Å²) in [5.41, 5.74) is 4.20. The van der Waals surface area contributed by atoms with E-state index in [1.54, 1.807) is 0 Å². The Hall–Kier alpha value is -3.38. The number of sulfonamides is 2. The van der Waals surface area contributed by atoms with Crippen molar-refractivity contribution in [2.75, 3.05) is 34.2 Å². The topological polar surface area (TPSA) is 136 Å². The van der Waals surface area contributed by atoms with Crippen LogP contribution in [-0.2, 0) is 30.3 Å². The average molecular weight is 951 g/mol. The summed E-state index contributed by atoms with van der Waals surface area (Å²) in [7, 11) is -7.78. The molecule has 5 rings (SSSR count). The van der Waals surface area contributed by atoms with Gasteiger partial charge in [0, 0.05) is 58.5 Å². The fraction of sp³-hybridized carbons (Fsp3) is 0.704. The minimum atomic E-state index is -3.95. The van der Waals surface area contributed by atoms with Crippen molar-refractivity contribution < 1.29 is 26.7 Å². The second-order valence-corrected chi connectivity index (χ2v) is 24.5. The third-order valence-corrected chi connectivity index (χ3v) is 17.9. The fourth-order valence-corrected chi connectivity index (χ4v) is 12.7. The van der Waals surface area contributed by atoms with E-state index in [0.717, 1.165) is 151 Å². The molecule has 0 radical (unpaired) electrons. The van der Waals surface area contributed by atoms with E-state index in [9.17, 15) is 26.7 Å². The Morgan fingerprint density at radius 3 is 1.70 bits per heavy atom. The van der Waals surface area contributed by atoms with Crippen LogP contribution in [-0.4, -0.2) is 75.0 Å². The molecule has 370 valence electrons. The summed E-state index contributed by atoms with van der Waals surface area (Å²) >= 11 is 0. The Kier molecular flexibility index (Phi) is 18.9. The number of nitrogens with one attached hydrogen (secondary N) is 1. The van der Waals surface area contributed by atoms with Crippen LogP contribution in [0.1, 0.15) is 209 Å². The van der Waals surface area contributed by atoms with Gasteiger partial charge in [0.1, 0.15) is 5.76 Å². The highest BCUT2D eigenvalue weighted by molar-refractivity contribution is 7.92. The van der Waals surface area contributed by atoms with Crippen molar-refractivity contribution in [3.63, 3.8) is 0 Å². The van der Waals surface area contributed by atoms with Gasteiger partial charge < -0.3 is 14.9 Å². The number of aliphatic hydroxyl groups is 1. The molecule has 1 saturated heterocycles. The van der Waals surface area contributed by atoms with Crippen LogP contribution in [0.4, 0.5) is 11.4 Å². The van der Waals surface area contributed by atoms with Gasteiger partial charge in [-0.2, -0.15) is 4.40 Å². The minimum absolute atomic E-state index is 0.0118. The largest absolute Gasteiger partial charge is 0.506 e. The second kappa shape index (κ2) is 23.3. The van der Waals surface area contributed by atoms with E-state index in [-0.39, 0.29) is 68.3 Å². The average Bonchev–Trinajstić information content (AvgIpc) is 3.55. The first kappa shape index (κ1) is 53.6. The van der Waals surface area contributed by atoms with Crippen molar-refractivity contribution in [1.29, 1.82) is 0 Å². The lowest BCUT2D eigenvalue weighted by Crippen LogP contribution is -2.39. The van der Waals surface area contributed by atoms with E-state index in [4.69, 9.17) is 0 Å². The van der Waals surface area contributed by atoms with E-state index in [1.165, 1.54) is 0 Å². The number of nitrogens with zero attached hydrogens (tertiary/aromatic N) is 3. The number of hydrogen-bond acceptors (Lipinski definition) is 8. The maximum Gasteiger partial charge on any atom is 0.253 e.